The normalized spacial score (nSPS) is 18.0. The van der Waals surface area contributed by atoms with Gasteiger partial charge in [0.05, 0.1) is 44.5 Å². The van der Waals surface area contributed by atoms with Crippen LogP contribution in [0.25, 0.3) is 22.2 Å². The predicted molar refractivity (Wildman–Crippen MR) is 116 cm³/mol. The highest BCUT2D eigenvalue weighted by molar-refractivity contribution is 5.87. The third kappa shape index (κ3) is 3.93. The Morgan fingerprint density at radius 2 is 1.84 bits per heavy atom. The van der Waals surface area contributed by atoms with Crippen molar-refractivity contribution in [1.29, 1.82) is 0 Å². The molecule has 31 heavy (non-hydrogen) atoms. The minimum atomic E-state index is -0.0947. The Bertz CT molecular complexity index is 1090. The van der Waals surface area contributed by atoms with E-state index in [-0.39, 0.29) is 17.7 Å². The van der Waals surface area contributed by atoms with Gasteiger partial charge in [0.1, 0.15) is 0 Å². The Kier molecular flexibility index (Phi) is 5.79. The number of hydrogen-bond acceptors (Lipinski definition) is 7. The van der Waals surface area contributed by atoms with Crippen LogP contribution in [-0.2, 0) is 4.79 Å². The number of fused-ring (bicyclic) bond motifs is 1. The molecule has 0 bridgehead atoms. The molecule has 0 unspecified atom stereocenters. The number of carbonyl (C=O) groups is 1. The highest BCUT2D eigenvalue weighted by Gasteiger charge is 2.31. The van der Waals surface area contributed by atoms with Gasteiger partial charge in [0.2, 0.25) is 17.5 Å². The number of nitrogens with one attached hydrogen (secondary N) is 1. The summed E-state index contributed by atoms with van der Waals surface area (Å²) in [5, 5.41) is 3.68. The summed E-state index contributed by atoms with van der Waals surface area (Å²) in [7, 11) is 4.71. The molecule has 0 radical (unpaired) electrons. The van der Waals surface area contributed by atoms with Gasteiger partial charge in [0.25, 0.3) is 0 Å². The molecule has 1 aromatic carbocycles. The van der Waals surface area contributed by atoms with Gasteiger partial charge in [0, 0.05) is 30.1 Å². The number of amides is 1. The fourth-order valence-corrected chi connectivity index (χ4v) is 3.70. The molecule has 8 heteroatoms. The van der Waals surface area contributed by atoms with Gasteiger partial charge in [-0.1, -0.05) is 6.92 Å². The van der Waals surface area contributed by atoms with E-state index in [1.165, 1.54) is 0 Å². The SMILES string of the molecule is COc1cc(-c2cc3ncccc3c(OC[C@H]3CNC(=O)[C@@H]3C)n2)cc(OC)c1OC. The molecule has 3 aromatic rings. The molecule has 1 fully saturated rings. The Hall–Kier alpha value is -3.55. The monoisotopic (exact) mass is 423 g/mol. The van der Waals surface area contributed by atoms with Gasteiger partial charge in [0.15, 0.2) is 11.5 Å². The Balaban J connectivity index is 1.75. The Morgan fingerprint density at radius 1 is 1.10 bits per heavy atom. The van der Waals surface area contributed by atoms with Crippen LogP contribution in [0.5, 0.6) is 23.1 Å². The summed E-state index contributed by atoms with van der Waals surface area (Å²) in [6, 6.07) is 9.34. The van der Waals surface area contributed by atoms with Crippen LogP contribution in [-0.4, -0.2) is 50.4 Å². The third-order valence-corrected chi connectivity index (χ3v) is 5.62. The number of ether oxygens (including phenoxy) is 4. The van der Waals surface area contributed by atoms with Crippen molar-refractivity contribution in [2.24, 2.45) is 11.8 Å². The summed E-state index contributed by atoms with van der Waals surface area (Å²) >= 11 is 0. The van der Waals surface area contributed by atoms with Gasteiger partial charge in [-0.3, -0.25) is 9.78 Å². The average molecular weight is 423 g/mol. The summed E-state index contributed by atoms with van der Waals surface area (Å²) in [5.74, 6) is 2.10. The lowest BCUT2D eigenvalue weighted by atomic mass is 9.99. The summed E-state index contributed by atoms with van der Waals surface area (Å²) < 4.78 is 22.5. The summed E-state index contributed by atoms with van der Waals surface area (Å²) in [5.41, 5.74) is 2.19. The largest absolute Gasteiger partial charge is 0.493 e. The van der Waals surface area contributed by atoms with Gasteiger partial charge < -0.3 is 24.3 Å². The molecule has 1 amide bonds. The molecular weight excluding hydrogens is 398 g/mol. The Labute approximate surface area is 180 Å². The molecule has 2 aromatic heterocycles. The third-order valence-electron chi connectivity index (χ3n) is 5.62. The number of pyridine rings is 2. The van der Waals surface area contributed by atoms with Gasteiger partial charge in [-0.15, -0.1) is 0 Å². The van der Waals surface area contributed by atoms with Crippen LogP contribution < -0.4 is 24.3 Å². The van der Waals surface area contributed by atoms with Crippen LogP contribution in [0.4, 0.5) is 0 Å². The van der Waals surface area contributed by atoms with Gasteiger partial charge in [-0.2, -0.15) is 0 Å². The van der Waals surface area contributed by atoms with Crippen molar-refractivity contribution in [3.63, 3.8) is 0 Å². The molecule has 162 valence electrons. The van der Waals surface area contributed by atoms with E-state index < -0.39 is 0 Å². The van der Waals surface area contributed by atoms with Crippen molar-refractivity contribution >= 4 is 16.8 Å². The van der Waals surface area contributed by atoms with E-state index in [2.05, 4.69) is 10.3 Å². The van der Waals surface area contributed by atoms with E-state index in [9.17, 15) is 4.79 Å². The molecule has 1 aliphatic rings. The fourth-order valence-electron chi connectivity index (χ4n) is 3.70. The minimum absolute atomic E-state index is 0.0549. The number of aromatic nitrogens is 2. The second kappa shape index (κ2) is 8.67. The van der Waals surface area contributed by atoms with Crippen molar-refractivity contribution in [1.82, 2.24) is 15.3 Å². The highest BCUT2D eigenvalue weighted by atomic mass is 16.5. The molecule has 2 atom stereocenters. The topological polar surface area (TPSA) is 91.8 Å². The maximum atomic E-state index is 11.8. The summed E-state index contributed by atoms with van der Waals surface area (Å²) in [6.45, 7) is 2.90. The molecule has 8 nitrogen and oxygen atoms in total. The van der Waals surface area contributed by atoms with E-state index in [4.69, 9.17) is 23.9 Å². The maximum Gasteiger partial charge on any atom is 0.223 e. The average Bonchev–Trinajstić information content (AvgIpc) is 3.13. The Morgan fingerprint density at radius 3 is 2.45 bits per heavy atom. The molecule has 0 aliphatic carbocycles. The zero-order valence-electron chi connectivity index (χ0n) is 18.0. The van der Waals surface area contributed by atoms with Crippen LogP contribution >= 0.6 is 0 Å². The molecular formula is C23H25N3O5. The first-order valence-electron chi connectivity index (χ1n) is 10.0. The van der Waals surface area contributed by atoms with E-state index >= 15 is 0 Å². The first-order valence-corrected chi connectivity index (χ1v) is 10.0. The lowest BCUT2D eigenvalue weighted by Crippen LogP contribution is -2.20. The second-order valence-electron chi connectivity index (χ2n) is 7.40. The van der Waals surface area contributed by atoms with Crippen LogP contribution in [0.2, 0.25) is 0 Å². The van der Waals surface area contributed by atoms with Crippen molar-refractivity contribution in [2.45, 2.75) is 6.92 Å². The van der Waals surface area contributed by atoms with E-state index in [0.717, 1.165) is 16.5 Å². The van der Waals surface area contributed by atoms with E-state index in [1.807, 2.05) is 37.3 Å². The minimum Gasteiger partial charge on any atom is -0.493 e. The van der Waals surface area contributed by atoms with Crippen LogP contribution in [0.1, 0.15) is 6.92 Å². The number of nitrogens with zero attached hydrogens (tertiary/aromatic N) is 2. The smallest absolute Gasteiger partial charge is 0.223 e. The molecule has 1 aliphatic heterocycles. The van der Waals surface area contributed by atoms with Crippen molar-refractivity contribution in [2.75, 3.05) is 34.5 Å². The zero-order chi connectivity index (χ0) is 22.0. The van der Waals surface area contributed by atoms with Gasteiger partial charge in [-0.25, -0.2) is 4.98 Å². The van der Waals surface area contributed by atoms with Gasteiger partial charge in [-0.05, 0) is 30.3 Å². The summed E-state index contributed by atoms with van der Waals surface area (Å²) in [6.07, 6.45) is 1.73. The molecule has 0 spiro atoms. The lowest BCUT2D eigenvalue weighted by molar-refractivity contribution is -0.122. The first-order chi connectivity index (χ1) is 15.0. The molecule has 4 rings (SSSR count). The van der Waals surface area contributed by atoms with Crippen molar-refractivity contribution in [3.05, 3.63) is 36.5 Å². The quantitative estimate of drug-likeness (QED) is 0.624. The molecule has 1 saturated heterocycles. The van der Waals surface area contributed by atoms with Crippen LogP contribution in [0.15, 0.2) is 36.5 Å². The predicted octanol–water partition coefficient (Wildman–Crippen LogP) is 3.08. The molecule has 1 N–H and O–H groups in total. The lowest BCUT2D eigenvalue weighted by Gasteiger charge is -2.17. The summed E-state index contributed by atoms with van der Waals surface area (Å²) in [4.78, 5) is 21.0. The van der Waals surface area contributed by atoms with Crippen LogP contribution in [0.3, 0.4) is 0 Å². The van der Waals surface area contributed by atoms with Crippen molar-refractivity contribution in [3.8, 4) is 34.4 Å². The van der Waals surface area contributed by atoms with Gasteiger partial charge >= 0.3 is 0 Å². The number of hydrogen-bond donors (Lipinski definition) is 1. The second-order valence-corrected chi connectivity index (χ2v) is 7.40. The first kappa shape index (κ1) is 20.7. The number of methoxy groups -OCH3 is 3. The number of carbonyl (C=O) groups excluding carboxylic acids is 1. The zero-order valence-corrected chi connectivity index (χ0v) is 18.0. The van der Waals surface area contributed by atoms with Crippen LogP contribution in [0, 0.1) is 11.8 Å². The number of rotatable bonds is 7. The standard InChI is InChI=1S/C23H25N3O5/c1-13-15(11-25-22(13)27)12-31-23-16-6-5-7-24-18(16)10-17(26-23)14-8-19(28-2)21(30-4)20(9-14)29-3/h5-10,13,15H,11-12H2,1-4H3,(H,25,27)/t13-,15-/m1/s1. The molecule has 3 heterocycles. The van der Waals surface area contributed by atoms with E-state index in [1.54, 1.807) is 27.5 Å². The number of benzene rings is 1. The molecule has 0 saturated carbocycles. The maximum absolute atomic E-state index is 11.8. The highest BCUT2D eigenvalue weighted by Crippen LogP contribution is 2.41. The van der Waals surface area contributed by atoms with Crippen molar-refractivity contribution < 1.29 is 23.7 Å². The van der Waals surface area contributed by atoms with E-state index in [0.29, 0.717) is 42.0 Å². The fraction of sp³-hybridized carbons (Fsp3) is 0.348.